The van der Waals surface area contributed by atoms with E-state index >= 15 is 0 Å². The van der Waals surface area contributed by atoms with E-state index in [1.54, 1.807) is 38.1 Å². The fourth-order valence-electron chi connectivity index (χ4n) is 4.36. The number of ether oxygens (including phenoxy) is 1. The van der Waals surface area contributed by atoms with E-state index in [1.807, 2.05) is 12.1 Å². The summed E-state index contributed by atoms with van der Waals surface area (Å²) in [4.78, 5) is 22.8. The monoisotopic (exact) mass is 513 g/mol. The number of nitrogens with one attached hydrogen (secondary N) is 1. The molecule has 1 aliphatic carbocycles. The van der Waals surface area contributed by atoms with Gasteiger partial charge in [0, 0.05) is 30.0 Å². The minimum absolute atomic E-state index is 0.260. The lowest BCUT2D eigenvalue weighted by molar-refractivity contribution is -0.137. The summed E-state index contributed by atoms with van der Waals surface area (Å²) in [6.07, 6.45) is 2.05. The van der Waals surface area contributed by atoms with E-state index in [-0.39, 0.29) is 6.10 Å². The largest absolute Gasteiger partial charge is 0.485 e. The second-order valence-electron chi connectivity index (χ2n) is 9.07. The number of carbonyl (C=O) groups is 2. The molecule has 2 aromatic carbocycles. The van der Waals surface area contributed by atoms with E-state index in [9.17, 15) is 22.8 Å². The molecule has 1 atom stereocenters. The van der Waals surface area contributed by atoms with Crippen LogP contribution >= 0.6 is 0 Å². The van der Waals surface area contributed by atoms with Gasteiger partial charge in [0.1, 0.15) is 11.9 Å². The van der Waals surface area contributed by atoms with E-state index in [0.29, 0.717) is 22.9 Å². The number of alkyl halides is 3. The fraction of sp³-hybridized carbons (Fsp3) is 0.296. The lowest BCUT2D eigenvalue weighted by Crippen LogP contribution is -2.25. The molecule has 194 valence electrons. The zero-order valence-electron chi connectivity index (χ0n) is 20.2. The normalized spacial score (nSPS) is 14.8. The third kappa shape index (κ3) is 6.02. The van der Waals surface area contributed by atoms with Crippen LogP contribution in [0.25, 0.3) is 5.69 Å². The number of aryl methyl sites for hydroxylation is 2. The van der Waals surface area contributed by atoms with E-state index in [4.69, 9.17) is 9.84 Å². The highest BCUT2D eigenvalue weighted by Gasteiger charge is 2.33. The number of hydrogen-bond acceptors (Lipinski definition) is 4. The van der Waals surface area contributed by atoms with Crippen molar-refractivity contribution in [2.45, 2.75) is 45.4 Å². The van der Waals surface area contributed by atoms with Gasteiger partial charge in [-0.1, -0.05) is 18.6 Å². The molecule has 0 saturated heterocycles. The zero-order chi connectivity index (χ0) is 26.7. The molecular formula is C27H26F3N3O4. The molecule has 1 amide bonds. The van der Waals surface area contributed by atoms with E-state index in [2.05, 4.69) is 10.4 Å². The number of hydrogen-bond donors (Lipinski definition) is 2. The number of benzene rings is 2. The summed E-state index contributed by atoms with van der Waals surface area (Å²) in [7, 11) is 0. The summed E-state index contributed by atoms with van der Waals surface area (Å²) in [5.41, 5.74) is 2.46. The van der Waals surface area contributed by atoms with Gasteiger partial charge in [0.25, 0.3) is 5.91 Å². The van der Waals surface area contributed by atoms with Gasteiger partial charge in [-0.3, -0.25) is 4.79 Å². The number of aromatic nitrogens is 2. The summed E-state index contributed by atoms with van der Waals surface area (Å²) in [6, 6.07) is 10.5. The first-order chi connectivity index (χ1) is 17.5. The molecule has 0 spiro atoms. The van der Waals surface area contributed by atoms with Crippen LogP contribution in [0, 0.1) is 19.8 Å². The van der Waals surface area contributed by atoms with E-state index in [0.717, 1.165) is 60.6 Å². The minimum atomic E-state index is -4.47. The van der Waals surface area contributed by atoms with E-state index in [1.165, 1.54) is 4.68 Å². The number of carboxylic acid groups (broad SMARTS) is 1. The lowest BCUT2D eigenvalue weighted by atomic mass is 9.78. The number of nitrogens with zero attached hydrogens (tertiary/aromatic N) is 2. The summed E-state index contributed by atoms with van der Waals surface area (Å²) in [5.74, 6) is -0.706. The Morgan fingerprint density at radius 1 is 1.16 bits per heavy atom. The molecule has 0 bridgehead atoms. The first kappa shape index (κ1) is 26.0. The molecule has 2 N–H and O–H groups in total. The van der Waals surface area contributed by atoms with Crippen LogP contribution in [0.5, 0.6) is 5.75 Å². The van der Waals surface area contributed by atoms with Crippen molar-refractivity contribution < 1.29 is 32.6 Å². The summed E-state index contributed by atoms with van der Waals surface area (Å²) >= 11 is 0. The summed E-state index contributed by atoms with van der Waals surface area (Å²) < 4.78 is 46.8. The second kappa shape index (κ2) is 10.5. The first-order valence-corrected chi connectivity index (χ1v) is 11.7. The van der Waals surface area contributed by atoms with Gasteiger partial charge in [-0.2, -0.15) is 18.3 Å². The molecule has 10 heteroatoms. The summed E-state index contributed by atoms with van der Waals surface area (Å²) in [5, 5.41) is 14.9. The quantitative estimate of drug-likeness (QED) is 0.374. The highest BCUT2D eigenvalue weighted by molar-refractivity contribution is 5.95. The fourth-order valence-corrected chi connectivity index (χ4v) is 4.36. The van der Waals surface area contributed by atoms with Crippen molar-refractivity contribution in [3.8, 4) is 11.4 Å². The van der Waals surface area contributed by atoms with Gasteiger partial charge in [0.05, 0.1) is 17.4 Å². The highest BCUT2D eigenvalue weighted by Crippen LogP contribution is 2.41. The van der Waals surface area contributed by atoms with Crippen molar-refractivity contribution in [3.63, 3.8) is 0 Å². The van der Waals surface area contributed by atoms with Crippen molar-refractivity contribution in [2.24, 2.45) is 5.92 Å². The minimum Gasteiger partial charge on any atom is -0.485 e. The third-order valence-corrected chi connectivity index (χ3v) is 6.39. The molecule has 1 fully saturated rings. The number of rotatable bonds is 8. The molecule has 1 heterocycles. The number of halogens is 3. The first-order valence-electron chi connectivity index (χ1n) is 11.7. The highest BCUT2D eigenvalue weighted by atomic mass is 19.4. The Morgan fingerprint density at radius 3 is 2.32 bits per heavy atom. The molecule has 1 aliphatic rings. The average Bonchev–Trinajstić information content (AvgIpc) is 3.27. The zero-order valence-corrected chi connectivity index (χ0v) is 20.2. The number of carboxylic acids is 1. The number of carbonyl (C=O) groups excluding carboxylic acids is 1. The van der Waals surface area contributed by atoms with Crippen LogP contribution in [0.1, 0.15) is 58.0 Å². The molecule has 0 radical (unpaired) electrons. The Balaban J connectivity index is 1.55. The van der Waals surface area contributed by atoms with Crippen molar-refractivity contribution in [1.82, 2.24) is 15.1 Å². The van der Waals surface area contributed by atoms with Gasteiger partial charge in [0.15, 0.2) is 0 Å². The van der Waals surface area contributed by atoms with Gasteiger partial charge < -0.3 is 15.2 Å². The van der Waals surface area contributed by atoms with Crippen LogP contribution in [0.3, 0.4) is 0 Å². The Kier molecular flexibility index (Phi) is 7.37. The van der Waals surface area contributed by atoms with Crippen LogP contribution in [0.15, 0.2) is 61.1 Å². The van der Waals surface area contributed by atoms with Crippen LogP contribution in [0.4, 0.5) is 13.2 Å². The number of aliphatic carboxylic acids is 1. The van der Waals surface area contributed by atoms with Crippen molar-refractivity contribution in [1.29, 1.82) is 0 Å². The molecule has 1 saturated carbocycles. The molecule has 1 aromatic heterocycles. The van der Waals surface area contributed by atoms with Crippen LogP contribution in [0.2, 0.25) is 0 Å². The topological polar surface area (TPSA) is 93.5 Å². The Bertz CT molecular complexity index is 1300. The van der Waals surface area contributed by atoms with Crippen LogP contribution in [-0.4, -0.2) is 26.8 Å². The van der Waals surface area contributed by atoms with Gasteiger partial charge in [0.2, 0.25) is 0 Å². The molecule has 0 aliphatic heterocycles. The molecule has 1 unspecified atom stereocenters. The predicted octanol–water partition coefficient (Wildman–Crippen LogP) is 5.76. The van der Waals surface area contributed by atoms with Crippen molar-refractivity contribution in [3.05, 3.63) is 88.9 Å². The Labute approximate surface area is 211 Å². The Hall–Kier alpha value is -4.08. The molecule has 37 heavy (non-hydrogen) atoms. The lowest BCUT2D eigenvalue weighted by Gasteiger charge is -2.34. The van der Waals surface area contributed by atoms with Gasteiger partial charge in [-0.05, 0) is 67.6 Å². The maximum absolute atomic E-state index is 13.0. The van der Waals surface area contributed by atoms with Crippen molar-refractivity contribution in [2.75, 3.05) is 0 Å². The SMILES string of the molecule is Cc1cc(OC(c2ccc(C(=O)N/C=C/C(=O)O)cc2)C2CCC2)cc(C)c1-n1cc(C(F)(F)F)cn1. The molecule has 3 aromatic rings. The van der Waals surface area contributed by atoms with Crippen LogP contribution < -0.4 is 10.1 Å². The third-order valence-electron chi connectivity index (χ3n) is 6.39. The average molecular weight is 514 g/mol. The molecule has 7 nitrogen and oxygen atoms in total. The summed E-state index contributed by atoms with van der Waals surface area (Å²) in [6.45, 7) is 3.60. The van der Waals surface area contributed by atoms with Gasteiger partial charge in [-0.25, -0.2) is 9.48 Å². The predicted molar refractivity (Wildman–Crippen MR) is 129 cm³/mol. The smallest absolute Gasteiger partial charge is 0.419 e. The van der Waals surface area contributed by atoms with Gasteiger partial charge >= 0.3 is 12.1 Å². The van der Waals surface area contributed by atoms with Crippen LogP contribution in [-0.2, 0) is 11.0 Å². The number of amides is 1. The molecular weight excluding hydrogens is 487 g/mol. The van der Waals surface area contributed by atoms with E-state index < -0.39 is 23.6 Å². The van der Waals surface area contributed by atoms with Gasteiger partial charge in [-0.15, -0.1) is 0 Å². The van der Waals surface area contributed by atoms with Crippen molar-refractivity contribution >= 4 is 11.9 Å². The Morgan fingerprint density at radius 2 is 1.81 bits per heavy atom. The molecule has 4 rings (SSSR count). The maximum atomic E-state index is 13.0. The standard InChI is InChI=1S/C27H26F3N3O4/c1-16-12-22(13-17(2)24(16)33-15-21(14-32-33)27(28,29)30)37-25(18-4-3-5-18)19-6-8-20(9-7-19)26(36)31-11-10-23(34)35/h6-15,18,25H,3-5H2,1-2H3,(H,31,36)(H,34,35)/b11-10+. The maximum Gasteiger partial charge on any atom is 0.419 e. The second-order valence-corrected chi connectivity index (χ2v) is 9.07.